The van der Waals surface area contributed by atoms with Gasteiger partial charge in [-0.1, -0.05) is 12.1 Å². The van der Waals surface area contributed by atoms with E-state index in [0.717, 1.165) is 38.3 Å². The Labute approximate surface area is 175 Å². The number of nitrogens with zero attached hydrogens (tertiary/aromatic N) is 3. The summed E-state index contributed by atoms with van der Waals surface area (Å²) >= 11 is 0. The first-order valence-electron chi connectivity index (χ1n) is 9.89. The number of hydrogen-bond donors (Lipinski definition) is 2. The van der Waals surface area contributed by atoms with Gasteiger partial charge in [0.25, 0.3) is 0 Å². The number of hydrogen-bond acceptors (Lipinski definition) is 4. The van der Waals surface area contributed by atoms with Crippen molar-refractivity contribution in [2.75, 3.05) is 52.9 Å². The number of nitrogens with one attached hydrogen (secondary N) is 2. The number of carbonyl (C=O) groups excluding carboxylic acids is 1. The molecule has 1 amide bonds. The van der Waals surface area contributed by atoms with Crippen LogP contribution >= 0.6 is 0 Å². The van der Waals surface area contributed by atoms with Crippen LogP contribution in [0.2, 0.25) is 0 Å². The SMILES string of the molecule is CN=C(NCCN1CCN(C(C)=O)CC1)NCc1ccc(C)cc1OCC(F)(F)F. The van der Waals surface area contributed by atoms with Gasteiger partial charge in [-0.3, -0.25) is 14.7 Å². The summed E-state index contributed by atoms with van der Waals surface area (Å²) in [5.41, 5.74) is 1.44. The van der Waals surface area contributed by atoms with Crippen LogP contribution in [0.1, 0.15) is 18.1 Å². The predicted molar refractivity (Wildman–Crippen MR) is 110 cm³/mol. The van der Waals surface area contributed by atoms with Crippen LogP contribution in [0.5, 0.6) is 5.75 Å². The van der Waals surface area contributed by atoms with E-state index < -0.39 is 12.8 Å². The summed E-state index contributed by atoms with van der Waals surface area (Å²) < 4.78 is 42.5. The van der Waals surface area contributed by atoms with E-state index in [-0.39, 0.29) is 18.2 Å². The van der Waals surface area contributed by atoms with E-state index in [9.17, 15) is 18.0 Å². The van der Waals surface area contributed by atoms with Gasteiger partial charge in [-0.05, 0) is 18.6 Å². The third-order valence-corrected chi connectivity index (χ3v) is 4.82. The van der Waals surface area contributed by atoms with Crippen molar-refractivity contribution in [1.29, 1.82) is 0 Å². The van der Waals surface area contributed by atoms with Gasteiger partial charge < -0.3 is 20.3 Å². The van der Waals surface area contributed by atoms with Crippen molar-refractivity contribution < 1.29 is 22.7 Å². The predicted octanol–water partition coefficient (Wildman–Crippen LogP) is 1.77. The topological polar surface area (TPSA) is 69.2 Å². The summed E-state index contributed by atoms with van der Waals surface area (Å²) in [5.74, 6) is 0.866. The van der Waals surface area contributed by atoms with Crippen molar-refractivity contribution in [3.05, 3.63) is 29.3 Å². The Morgan fingerprint density at radius 3 is 2.50 bits per heavy atom. The largest absolute Gasteiger partial charge is 0.484 e. The number of piperazine rings is 1. The fraction of sp³-hybridized carbons (Fsp3) is 0.600. The highest BCUT2D eigenvalue weighted by Gasteiger charge is 2.28. The number of alkyl halides is 3. The Balaban J connectivity index is 1.79. The van der Waals surface area contributed by atoms with E-state index in [0.29, 0.717) is 18.1 Å². The fourth-order valence-electron chi connectivity index (χ4n) is 3.12. The van der Waals surface area contributed by atoms with Crippen molar-refractivity contribution in [2.24, 2.45) is 4.99 Å². The summed E-state index contributed by atoms with van der Waals surface area (Å²) in [6.07, 6.45) is -4.39. The average Bonchev–Trinajstić information content (AvgIpc) is 2.69. The van der Waals surface area contributed by atoms with Gasteiger partial charge in [-0.15, -0.1) is 0 Å². The van der Waals surface area contributed by atoms with E-state index in [1.165, 1.54) is 0 Å². The minimum absolute atomic E-state index is 0.104. The standard InChI is InChI=1S/C20H30F3N5O2/c1-15-4-5-17(18(12-15)30-14-20(21,22)23)13-26-19(24-3)25-6-7-27-8-10-28(11-9-27)16(2)29/h4-5,12H,6-11,13-14H2,1-3H3,(H2,24,25,26). The number of aryl methyl sites for hydroxylation is 1. The maximum Gasteiger partial charge on any atom is 0.422 e. The molecule has 2 rings (SSSR count). The van der Waals surface area contributed by atoms with Crippen LogP contribution in [-0.2, 0) is 11.3 Å². The number of amides is 1. The molecule has 1 fully saturated rings. The van der Waals surface area contributed by atoms with Crippen molar-refractivity contribution in [2.45, 2.75) is 26.6 Å². The number of guanidine groups is 1. The Hall–Kier alpha value is -2.49. The molecule has 1 saturated heterocycles. The molecule has 0 aromatic heterocycles. The molecule has 0 atom stereocenters. The minimum atomic E-state index is -4.39. The molecule has 0 radical (unpaired) electrons. The quantitative estimate of drug-likeness (QED) is 0.511. The highest BCUT2D eigenvalue weighted by Crippen LogP contribution is 2.23. The van der Waals surface area contributed by atoms with Gasteiger partial charge in [0.1, 0.15) is 5.75 Å². The molecule has 0 unspecified atom stereocenters. The average molecular weight is 429 g/mol. The first-order chi connectivity index (χ1) is 14.2. The summed E-state index contributed by atoms with van der Waals surface area (Å²) in [7, 11) is 1.64. The Bertz CT molecular complexity index is 732. The molecule has 1 aromatic rings. The molecule has 30 heavy (non-hydrogen) atoms. The second kappa shape index (κ2) is 11.1. The number of halogens is 3. The first kappa shape index (κ1) is 23.8. The zero-order chi connectivity index (χ0) is 22.1. The second-order valence-corrected chi connectivity index (χ2v) is 7.22. The van der Waals surface area contributed by atoms with Crippen molar-refractivity contribution >= 4 is 11.9 Å². The van der Waals surface area contributed by atoms with Gasteiger partial charge >= 0.3 is 6.18 Å². The molecule has 1 heterocycles. The molecular formula is C20H30F3N5O2. The molecule has 0 aliphatic carbocycles. The summed E-state index contributed by atoms with van der Waals surface area (Å²) in [5, 5.41) is 6.31. The lowest BCUT2D eigenvalue weighted by Gasteiger charge is -2.34. The second-order valence-electron chi connectivity index (χ2n) is 7.22. The molecule has 0 saturated carbocycles. The van der Waals surface area contributed by atoms with Crippen molar-refractivity contribution in [1.82, 2.24) is 20.4 Å². The van der Waals surface area contributed by atoms with Gasteiger partial charge in [0.2, 0.25) is 5.91 Å². The summed E-state index contributed by atoms with van der Waals surface area (Å²) in [6.45, 7) is 6.93. The maximum absolute atomic E-state index is 12.5. The Morgan fingerprint density at radius 2 is 1.90 bits per heavy atom. The Kier molecular flexibility index (Phi) is 8.76. The van der Waals surface area contributed by atoms with E-state index in [4.69, 9.17) is 4.74 Å². The monoisotopic (exact) mass is 429 g/mol. The van der Waals surface area contributed by atoms with Crippen LogP contribution in [0.25, 0.3) is 0 Å². The third kappa shape index (κ3) is 8.10. The summed E-state index contributed by atoms with van der Waals surface area (Å²) in [6, 6.07) is 5.17. The zero-order valence-corrected chi connectivity index (χ0v) is 17.7. The number of carbonyl (C=O) groups is 1. The molecule has 10 heteroatoms. The van der Waals surface area contributed by atoms with E-state index in [2.05, 4.69) is 20.5 Å². The molecular weight excluding hydrogens is 399 g/mol. The number of ether oxygens (including phenoxy) is 1. The molecule has 1 aromatic carbocycles. The van der Waals surface area contributed by atoms with Gasteiger partial charge in [0, 0.05) is 65.3 Å². The van der Waals surface area contributed by atoms with E-state index in [1.807, 2.05) is 11.0 Å². The zero-order valence-electron chi connectivity index (χ0n) is 17.7. The minimum Gasteiger partial charge on any atom is -0.484 e. The lowest BCUT2D eigenvalue weighted by atomic mass is 10.1. The van der Waals surface area contributed by atoms with Crippen molar-refractivity contribution in [3.8, 4) is 5.75 Å². The first-order valence-corrected chi connectivity index (χ1v) is 9.89. The van der Waals surface area contributed by atoms with Gasteiger partial charge in [0.05, 0.1) is 0 Å². The van der Waals surface area contributed by atoms with E-state index >= 15 is 0 Å². The number of benzene rings is 1. The molecule has 1 aliphatic heterocycles. The third-order valence-electron chi connectivity index (χ3n) is 4.82. The smallest absolute Gasteiger partial charge is 0.422 e. The van der Waals surface area contributed by atoms with Crippen LogP contribution in [0.4, 0.5) is 13.2 Å². The van der Waals surface area contributed by atoms with Crippen LogP contribution in [0.3, 0.4) is 0 Å². The molecule has 1 aliphatic rings. The van der Waals surface area contributed by atoms with Crippen LogP contribution in [-0.4, -0.2) is 80.8 Å². The lowest BCUT2D eigenvalue weighted by molar-refractivity contribution is -0.153. The van der Waals surface area contributed by atoms with Crippen molar-refractivity contribution in [3.63, 3.8) is 0 Å². The molecule has 0 bridgehead atoms. The van der Waals surface area contributed by atoms with Crippen LogP contribution in [0.15, 0.2) is 23.2 Å². The van der Waals surface area contributed by atoms with Crippen LogP contribution < -0.4 is 15.4 Å². The highest BCUT2D eigenvalue weighted by molar-refractivity contribution is 5.79. The highest BCUT2D eigenvalue weighted by atomic mass is 19.4. The normalized spacial score (nSPS) is 15.8. The molecule has 0 spiro atoms. The van der Waals surface area contributed by atoms with Gasteiger partial charge in [-0.2, -0.15) is 13.2 Å². The van der Waals surface area contributed by atoms with E-state index in [1.54, 1.807) is 33.0 Å². The molecule has 2 N–H and O–H groups in total. The van der Waals surface area contributed by atoms with Crippen LogP contribution in [0, 0.1) is 6.92 Å². The fourth-order valence-corrected chi connectivity index (χ4v) is 3.12. The molecule has 168 valence electrons. The molecule has 7 nitrogen and oxygen atoms in total. The number of aliphatic imine (C=N–C) groups is 1. The maximum atomic E-state index is 12.5. The van der Waals surface area contributed by atoms with Gasteiger partial charge in [0.15, 0.2) is 12.6 Å². The Morgan fingerprint density at radius 1 is 1.20 bits per heavy atom. The lowest BCUT2D eigenvalue weighted by Crippen LogP contribution is -2.50. The number of rotatable bonds is 7. The van der Waals surface area contributed by atoms with Gasteiger partial charge in [-0.25, -0.2) is 0 Å². The summed E-state index contributed by atoms with van der Waals surface area (Å²) in [4.78, 5) is 19.6.